The minimum absolute atomic E-state index is 0.543. The van der Waals surface area contributed by atoms with E-state index in [0.29, 0.717) is 17.6 Å². The van der Waals surface area contributed by atoms with Crippen LogP contribution in [0.3, 0.4) is 0 Å². The molecule has 4 aromatic heterocycles. The first kappa shape index (κ1) is 31.5. The lowest BCUT2D eigenvalue weighted by Gasteiger charge is -2.11. The van der Waals surface area contributed by atoms with E-state index in [0.717, 1.165) is 71.6 Å². The number of hydrogen-bond donors (Lipinski definition) is 0. The van der Waals surface area contributed by atoms with Gasteiger partial charge in [0, 0.05) is 49.6 Å². The quantitative estimate of drug-likeness (QED) is 0.177. The summed E-state index contributed by atoms with van der Waals surface area (Å²) in [5.74, 6) is 1.68. The van der Waals surface area contributed by atoms with E-state index in [1.54, 1.807) is 0 Å². The van der Waals surface area contributed by atoms with Crippen LogP contribution in [0.1, 0.15) is 0 Å². The van der Waals surface area contributed by atoms with Gasteiger partial charge >= 0.3 is 0 Å². The highest BCUT2D eigenvalue weighted by atomic mass is 16.3. The molecule has 0 bridgehead atoms. The molecule has 0 saturated heterocycles. The van der Waals surface area contributed by atoms with Crippen molar-refractivity contribution >= 4 is 65.6 Å². The van der Waals surface area contributed by atoms with Gasteiger partial charge in [0.1, 0.15) is 11.2 Å². The third-order valence-corrected chi connectivity index (χ3v) is 11.2. The Morgan fingerprint density at radius 2 is 0.912 bits per heavy atom. The van der Waals surface area contributed by atoms with Gasteiger partial charge in [-0.3, -0.25) is 4.57 Å². The normalized spacial score (nSPS) is 11.9. The van der Waals surface area contributed by atoms with Crippen molar-refractivity contribution in [2.75, 3.05) is 0 Å². The fourth-order valence-corrected chi connectivity index (χ4v) is 8.60. The summed E-state index contributed by atoms with van der Waals surface area (Å²) in [6.07, 6.45) is 0. The smallest absolute Gasteiger partial charge is 0.238 e. The molecule has 8 aromatic carbocycles. The molecule has 0 atom stereocenters. The van der Waals surface area contributed by atoms with E-state index in [1.165, 1.54) is 21.9 Å². The number of aromatic nitrogens is 5. The van der Waals surface area contributed by atoms with Gasteiger partial charge in [0.25, 0.3) is 0 Å². The van der Waals surface area contributed by atoms with Gasteiger partial charge in [0.2, 0.25) is 5.95 Å². The van der Waals surface area contributed by atoms with Crippen LogP contribution in [0.25, 0.3) is 111 Å². The highest BCUT2D eigenvalue weighted by Gasteiger charge is 2.21. The molecule has 12 rings (SSSR count). The van der Waals surface area contributed by atoms with E-state index >= 15 is 0 Å². The third kappa shape index (κ3) is 4.87. The molecule has 0 saturated carbocycles. The maximum Gasteiger partial charge on any atom is 0.238 e. The molecule has 6 heteroatoms. The molecule has 0 unspecified atom stereocenters. The first-order valence-electron chi connectivity index (χ1n) is 19.1. The van der Waals surface area contributed by atoms with E-state index in [2.05, 4.69) is 161 Å². The van der Waals surface area contributed by atoms with Crippen molar-refractivity contribution in [2.45, 2.75) is 0 Å². The zero-order chi connectivity index (χ0) is 37.5. The van der Waals surface area contributed by atoms with Crippen molar-refractivity contribution in [1.29, 1.82) is 0 Å². The molecule has 12 aromatic rings. The molecule has 0 aliphatic heterocycles. The fraction of sp³-hybridized carbons (Fsp3) is 0. The van der Waals surface area contributed by atoms with Crippen molar-refractivity contribution in [2.24, 2.45) is 0 Å². The maximum absolute atomic E-state index is 6.89. The number of rotatable bonds is 5. The standard InChI is InChI=1S/C51H31N5O/c1-3-14-32(15-4-1)34-26-28-39-38-20-7-10-23-43(38)55(46(39)30-34)35-27-29-40-41-21-13-22-42(48(41)57-47(40)31-35)50-52-49(33-16-5-2-6-17-33)53-51(54-50)56-44-24-11-8-18-36(44)37-19-9-12-25-45(37)56/h1-31H. The van der Waals surface area contributed by atoms with E-state index in [9.17, 15) is 0 Å². The second-order valence-electron chi connectivity index (χ2n) is 14.4. The van der Waals surface area contributed by atoms with Gasteiger partial charge in [0.05, 0.1) is 27.6 Å². The highest BCUT2D eigenvalue weighted by molar-refractivity contribution is 6.12. The molecular weight excluding hydrogens is 699 g/mol. The lowest BCUT2D eigenvalue weighted by Crippen LogP contribution is -2.06. The Kier molecular flexibility index (Phi) is 6.83. The van der Waals surface area contributed by atoms with Crippen LogP contribution in [0, 0.1) is 0 Å². The molecule has 0 fully saturated rings. The molecule has 0 N–H and O–H groups in total. The topological polar surface area (TPSA) is 61.7 Å². The largest absolute Gasteiger partial charge is 0.455 e. The second kappa shape index (κ2) is 12.3. The van der Waals surface area contributed by atoms with Gasteiger partial charge < -0.3 is 8.98 Å². The maximum atomic E-state index is 6.89. The molecule has 57 heavy (non-hydrogen) atoms. The second-order valence-corrected chi connectivity index (χ2v) is 14.4. The summed E-state index contributed by atoms with van der Waals surface area (Å²) in [6, 6.07) is 65.6. The van der Waals surface area contributed by atoms with Gasteiger partial charge in [-0.05, 0) is 53.6 Å². The zero-order valence-electron chi connectivity index (χ0n) is 30.5. The molecule has 4 heterocycles. The lowest BCUT2D eigenvalue weighted by molar-refractivity contribution is 0.669. The van der Waals surface area contributed by atoms with Crippen LogP contribution < -0.4 is 0 Å². The van der Waals surface area contributed by atoms with Gasteiger partial charge in [0.15, 0.2) is 11.6 Å². The minimum Gasteiger partial charge on any atom is -0.455 e. The van der Waals surface area contributed by atoms with Crippen LogP contribution in [0.5, 0.6) is 0 Å². The summed E-state index contributed by atoms with van der Waals surface area (Å²) < 4.78 is 11.4. The molecule has 0 spiro atoms. The van der Waals surface area contributed by atoms with E-state index in [4.69, 9.17) is 19.4 Å². The van der Waals surface area contributed by atoms with E-state index in [-0.39, 0.29) is 0 Å². The lowest BCUT2D eigenvalue weighted by atomic mass is 10.0. The Balaban J connectivity index is 1.07. The number of hydrogen-bond acceptors (Lipinski definition) is 4. The van der Waals surface area contributed by atoms with Gasteiger partial charge in [-0.2, -0.15) is 9.97 Å². The SMILES string of the molecule is c1ccc(-c2ccc3c4ccccc4n(-c4ccc5c(c4)oc4c(-c6nc(-c7ccccc7)nc(-n7c8ccccc8c8ccccc87)n6)cccc45)c3c2)cc1. The predicted molar refractivity (Wildman–Crippen MR) is 232 cm³/mol. The van der Waals surface area contributed by atoms with Crippen molar-refractivity contribution in [3.8, 4) is 45.5 Å². The average molecular weight is 730 g/mol. The highest BCUT2D eigenvalue weighted by Crippen LogP contribution is 2.40. The van der Waals surface area contributed by atoms with Crippen LogP contribution in [-0.4, -0.2) is 24.1 Å². The van der Waals surface area contributed by atoms with Crippen LogP contribution in [0.4, 0.5) is 0 Å². The zero-order valence-corrected chi connectivity index (χ0v) is 30.5. The average Bonchev–Trinajstić information content (AvgIpc) is 3.94. The molecule has 6 nitrogen and oxygen atoms in total. The van der Waals surface area contributed by atoms with Crippen molar-refractivity contribution < 1.29 is 4.42 Å². The molecule has 266 valence electrons. The van der Waals surface area contributed by atoms with E-state index < -0.39 is 0 Å². The molecular formula is C51H31N5O. The number of para-hydroxylation sites is 4. The molecule has 0 aliphatic carbocycles. The van der Waals surface area contributed by atoms with Crippen LogP contribution in [0.2, 0.25) is 0 Å². The number of nitrogens with zero attached hydrogens (tertiary/aromatic N) is 5. The van der Waals surface area contributed by atoms with Gasteiger partial charge in [-0.15, -0.1) is 0 Å². The Morgan fingerprint density at radius 1 is 0.351 bits per heavy atom. The summed E-state index contributed by atoms with van der Waals surface area (Å²) in [5.41, 5.74) is 11.0. The first-order valence-corrected chi connectivity index (χ1v) is 19.1. The summed E-state index contributed by atoms with van der Waals surface area (Å²) in [4.78, 5) is 15.5. The monoisotopic (exact) mass is 729 g/mol. The molecule has 0 radical (unpaired) electrons. The fourth-order valence-electron chi connectivity index (χ4n) is 8.60. The van der Waals surface area contributed by atoms with E-state index in [1.807, 2.05) is 36.4 Å². The van der Waals surface area contributed by atoms with Gasteiger partial charge in [-0.25, -0.2) is 4.98 Å². The number of furan rings is 1. The van der Waals surface area contributed by atoms with Crippen molar-refractivity contribution in [3.05, 3.63) is 188 Å². The Labute approximate surface area is 326 Å². The van der Waals surface area contributed by atoms with Gasteiger partial charge in [-0.1, -0.05) is 140 Å². The van der Waals surface area contributed by atoms with Crippen molar-refractivity contribution in [3.63, 3.8) is 0 Å². The first-order chi connectivity index (χ1) is 28.3. The third-order valence-electron chi connectivity index (χ3n) is 11.2. The van der Waals surface area contributed by atoms with Crippen LogP contribution in [0.15, 0.2) is 192 Å². The number of benzene rings is 8. The molecule has 0 amide bonds. The van der Waals surface area contributed by atoms with Crippen LogP contribution in [-0.2, 0) is 0 Å². The number of fused-ring (bicyclic) bond motifs is 9. The predicted octanol–water partition coefficient (Wildman–Crippen LogP) is 13.0. The molecule has 0 aliphatic rings. The Morgan fingerprint density at radius 3 is 1.61 bits per heavy atom. The van der Waals surface area contributed by atoms with Crippen LogP contribution >= 0.6 is 0 Å². The van der Waals surface area contributed by atoms with Crippen molar-refractivity contribution in [1.82, 2.24) is 24.1 Å². The Bertz CT molecular complexity index is 3470. The summed E-state index contributed by atoms with van der Waals surface area (Å²) in [7, 11) is 0. The summed E-state index contributed by atoms with van der Waals surface area (Å²) >= 11 is 0. The minimum atomic E-state index is 0.543. The summed E-state index contributed by atoms with van der Waals surface area (Å²) in [5, 5.41) is 6.74. The summed E-state index contributed by atoms with van der Waals surface area (Å²) in [6.45, 7) is 0. The Hall–Kier alpha value is -7.83.